The van der Waals surface area contributed by atoms with E-state index in [1.807, 2.05) is 27.7 Å². The zero-order valence-corrected chi connectivity index (χ0v) is 17.1. The molecule has 1 heterocycles. The third kappa shape index (κ3) is 5.82. The predicted octanol–water partition coefficient (Wildman–Crippen LogP) is 3.38. The summed E-state index contributed by atoms with van der Waals surface area (Å²) in [6.07, 6.45) is 0.180. The Balaban J connectivity index is 2.20. The fraction of sp³-hybridized carbons (Fsp3) is 0.800. The number of nitrogens with zero attached hydrogens (tertiary/aromatic N) is 1. The number of amides is 1. The number of carbonyl (C=O) groups is 2. The maximum atomic E-state index is 13.6. The normalized spacial score (nSPS) is 26.6. The minimum atomic E-state index is -2.71. The van der Waals surface area contributed by atoms with Gasteiger partial charge in [0.15, 0.2) is 5.88 Å². The first kappa shape index (κ1) is 22.4. The Morgan fingerprint density at radius 3 is 2.36 bits per heavy atom. The Hall–Kier alpha value is -1.86. The van der Waals surface area contributed by atoms with Gasteiger partial charge < -0.3 is 20.1 Å². The smallest absolute Gasteiger partial charge is 0.326 e. The molecule has 1 amide bonds. The zero-order valence-electron chi connectivity index (χ0n) is 17.1. The number of carboxylic acid groups (broad SMARTS) is 1. The molecular weight excluding hydrogens is 370 g/mol. The highest BCUT2D eigenvalue weighted by molar-refractivity contribution is 5.88. The summed E-state index contributed by atoms with van der Waals surface area (Å²) in [5, 5.41) is 12.5. The number of hydrogen-bond donors (Lipinski definition) is 2. The summed E-state index contributed by atoms with van der Waals surface area (Å²) in [6.45, 7) is 11.5. The van der Waals surface area contributed by atoms with Crippen LogP contribution in [0.2, 0.25) is 0 Å². The third-order valence-corrected chi connectivity index (χ3v) is 5.32. The third-order valence-electron chi connectivity index (χ3n) is 5.32. The average Bonchev–Trinajstić information content (AvgIpc) is 2.93. The Bertz CT molecular complexity index is 608. The van der Waals surface area contributed by atoms with E-state index in [2.05, 4.69) is 11.9 Å². The monoisotopic (exact) mass is 402 g/mol. The quantitative estimate of drug-likeness (QED) is 0.666. The summed E-state index contributed by atoms with van der Waals surface area (Å²) in [5.74, 6) is -4.23. The van der Waals surface area contributed by atoms with Crippen molar-refractivity contribution in [3.8, 4) is 0 Å². The van der Waals surface area contributed by atoms with Crippen molar-refractivity contribution < 1.29 is 28.2 Å². The highest BCUT2D eigenvalue weighted by Gasteiger charge is 2.45. The van der Waals surface area contributed by atoms with E-state index in [1.165, 1.54) is 4.90 Å². The minimum absolute atomic E-state index is 0.0652. The van der Waals surface area contributed by atoms with Crippen LogP contribution in [0.25, 0.3) is 0 Å². The van der Waals surface area contributed by atoms with Gasteiger partial charge in [-0.2, -0.15) is 0 Å². The van der Waals surface area contributed by atoms with Crippen molar-refractivity contribution in [2.75, 3.05) is 6.54 Å². The molecule has 0 radical (unpaired) electrons. The molecule has 1 aliphatic carbocycles. The van der Waals surface area contributed by atoms with Crippen molar-refractivity contribution >= 4 is 11.9 Å². The number of hydrogen-bond acceptors (Lipinski definition) is 4. The van der Waals surface area contributed by atoms with E-state index in [0.717, 1.165) is 0 Å². The van der Waals surface area contributed by atoms with Crippen molar-refractivity contribution in [3.05, 3.63) is 12.5 Å². The number of carboxylic acids is 1. The number of aliphatic carboxylic acids is 1. The van der Waals surface area contributed by atoms with Crippen LogP contribution < -0.4 is 5.32 Å². The number of carbonyl (C=O) groups excluding carboxylic acids is 1. The van der Waals surface area contributed by atoms with Crippen LogP contribution in [0.4, 0.5) is 8.78 Å². The van der Waals surface area contributed by atoms with Gasteiger partial charge in [-0.15, -0.1) is 0 Å². The summed E-state index contributed by atoms with van der Waals surface area (Å²) in [6, 6.07) is -1.73. The topological polar surface area (TPSA) is 78.9 Å². The number of alkyl halides is 2. The summed E-state index contributed by atoms with van der Waals surface area (Å²) in [5.41, 5.74) is -0.539. The van der Waals surface area contributed by atoms with Crippen molar-refractivity contribution in [1.29, 1.82) is 0 Å². The first-order valence-corrected chi connectivity index (χ1v) is 9.84. The molecule has 6 nitrogen and oxygen atoms in total. The lowest BCUT2D eigenvalue weighted by Crippen LogP contribution is -2.54. The molecule has 160 valence electrons. The van der Waals surface area contributed by atoms with Gasteiger partial charge in [0.2, 0.25) is 11.8 Å². The summed E-state index contributed by atoms with van der Waals surface area (Å²) >= 11 is 0. The van der Waals surface area contributed by atoms with Gasteiger partial charge in [-0.05, 0) is 58.4 Å². The fourth-order valence-corrected chi connectivity index (χ4v) is 4.05. The molecule has 2 rings (SSSR count). The first-order chi connectivity index (χ1) is 12.8. The Morgan fingerprint density at radius 2 is 1.86 bits per heavy atom. The van der Waals surface area contributed by atoms with E-state index in [-0.39, 0.29) is 49.3 Å². The van der Waals surface area contributed by atoms with E-state index >= 15 is 0 Å². The Labute approximate surface area is 165 Å². The average molecular weight is 402 g/mol. The van der Waals surface area contributed by atoms with Crippen LogP contribution in [0.1, 0.15) is 59.8 Å². The molecule has 0 spiro atoms. The molecule has 2 fully saturated rings. The number of nitrogens with one attached hydrogen (secondary N) is 1. The lowest BCUT2D eigenvalue weighted by Gasteiger charge is -2.37. The second-order valence-electron chi connectivity index (χ2n) is 9.14. The standard InChI is InChI=1S/C20H32F2N2O4/c1-12-10-15(18(26)27)24(11-12)17(25)16(23-13(2)28-19(3,4)5)14-6-8-20(21,22)9-7-14/h12,14-16,23H,2,6-11H2,1,3-5H3,(H,26,27)/t12-,15?,16?/m0/s1. The van der Waals surface area contributed by atoms with Crippen LogP contribution in [0.15, 0.2) is 12.5 Å². The van der Waals surface area contributed by atoms with Crippen LogP contribution >= 0.6 is 0 Å². The maximum absolute atomic E-state index is 13.6. The molecule has 1 aliphatic heterocycles. The van der Waals surface area contributed by atoms with E-state index in [4.69, 9.17) is 4.74 Å². The molecule has 3 atom stereocenters. The van der Waals surface area contributed by atoms with Crippen LogP contribution in [-0.4, -0.2) is 52.0 Å². The van der Waals surface area contributed by atoms with Gasteiger partial charge in [0.1, 0.15) is 17.7 Å². The highest BCUT2D eigenvalue weighted by Crippen LogP contribution is 2.38. The molecule has 8 heteroatoms. The molecule has 2 aliphatic rings. The van der Waals surface area contributed by atoms with Gasteiger partial charge in [0.05, 0.1) is 0 Å². The van der Waals surface area contributed by atoms with E-state index in [1.54, 1.807) is 0 Å². The van der Waals surface area contributed by atoms with Crippen LogP contribution in [0.5, 0.6) is 0 Å². The van der Waals surface area contributed by atoms with Gasteiger partial charge in [-0.25, -0.2) is 13.6 Å². The molecule has 0 aromatic carbocycles. The van der Waals surface area contributed by atoms with Gasteiger partial charge in [0.25, 0.3) is 0 Å². The lowest BCUT2D eigenvalue weighted by molar-refractivity contribution is -0.150. The molecule has 0 aromatic rings. The second kappa shape index (κ2) is 8.25. The fourth-order valence-electron chi connectivity index (χ4n) is 4.05. The number of rotatable bonds is 6. The zero-order chi connectivity index (χ0) is 21.3. The van der Waals surface area contributed by atoms with Crippen molar-refractivity contribution in [2.45, 2.75) is 83.4 Å². The lowest BCUT2D eigenvalue weighted by atomic mass is 9.81. The molecule has 1 saturated heterocycles. The predicted molar refractivity (Wildman–Crippen MR) is 101 cm³/mol. The molecule has 0 aromatic heterocycles. The highest BCUT2D eigenvalue weighted by atomic mass is 19.3. The number of ether oxygens (including phenoxy) is 1. The minimum Gasteiger partial charge on any atom is -0.480 e. The Morgan fingerprint density at radius 1 is 1.29 bits per heavy atom. The molecule has 28 heavy (non-hydrogen) atoms. The van der Waals surface area contributed by atoms with Crippen molar-refractivity contribution in [3.63, 3.8) is 0 Å². The molecular formula is C20H32F2N2O4. The molecule has 0 bridgehead atoms. The van der Waals surface area contributed by atoms with E-state index in [0.29, 0.717) is 13.0 Å². The summed E-state index contributed by atoms with van der Waals surface area (Å²) in [4.78, 5) is 26.2. The van der Waals surface area contributed by atoms with Crippen LogP contribution in [0.3, 0.4) is 0 Å². The molecule has 2 unspecified atom stereocenters. The van der Waals surface area contributed by atoms with Crippen LogP contribution in [0, 0.1) is 11.8 Å². The number of likely N-dealkylation sites (tertiary alicyclic amines) is 1. The Kier molecular flexibility index (Phi) is 6.61. The van der Waals surface area contributed by atoms with Gasteiger partial charge in [0, 0.05) is 19.4 Å². The molecule has 1 saturated carbocycles. The van der Waals surface area contributed by atoms with E-state index < -0.39 is 29.6 Å². The second-order valence-corrected chi connectivity index (χ2v) is 9.14. The van der Waals surface area contributed by atoms with Crippen LogP contribution in [-0.2, 0) is 14.3 Å². The summed E-state index contributed by atoms with van der Waals surface area (Å²) in [7, 11) is 0. The molecule has 2 N–H and O–H groups in total. The van der Waals surface area contributed by atoms with Gasteiger partial charge in [-0.1, -0.05) is 6.92 Å². The summed E-state index contributed by atoms with van der Waals surface area (Å²) < 4.78 is 32.9. The SMILES string of the molecule is C=C(NC(C(=O)N1C[C@@H](C)CC1C(=O)O)C1CCC(F)(F)CC1)OC(C)(C)C. The number of halogens is 2. The largest absolute Gasteiger partial charge is 0.480 e. The van der Waals surface area contributed by atoms with Gasteiger partial charge >= 0.3 is 5.97 Å². The van der Waals surface area contributed by atoms with Gasteiger partial charge in [-0.3, -0.25) is 4.79 Å². The van der Waals surface area contributed by atoms with Crippen molar-refractivity contribution in [1.82, 2.24) is 10.2 Å². The maximum Gasteiger partial charge on any atom is 0.326 e. The van der Waals surface area contributed by atoms with E-state index in [9.17, 15) is 23.5 Å². The van der Waals surface area contributed by atoms with Crippen molar-refractivity contribution in [2.24, 2.45) is 11.8 Å². The first-order valence-electron chi connectivity index (χ1n) is 9.84.